The van der Waals surface area contributed by atoms with E-state index in [0.29, 0.717) is 24.4 Å². The van der Waals surface area contributed by atoms with Crippen molar-refractivity contribution in [1.82, 2.24) is 9.73 Å². The van der Waals surface area contributed by atoms with Gasteiger partial charge in [0, 0.05) is 16.4 Å². The van der Waals surface area contributed by atoms with Crippen molar-refractivity contribution in [3.8, 4) is 0 Å². The van der Waals surface area contributed by atoms with Crippen molar-refractivity contribution in [3.63, 3.8) is 0 Å². The molecule has 25 heavy (non-hydrogen) atoms. The molecule has 1 aliphatic heterocycles. The summed E-state index contributed by atoms with van der Waals surface area (Å²) in [5.74, 6) is -0.428. The average molecular weight is 398 g/mol. The fraction of sp³-hybridized carbons (Fsp3) is 0.250. The number of carbonyl (C=O) groups is 1. The Morgan fingerprint density at radius 3 is 2.76 bits per heavy atom. The van der Waals surface area contributed by atoms with E-state index < -0.39 is 22.0 Å². The van der Waals surface area contributed by atoms with Gasteiger partial charge in [-0.3, -0.25) is 4.79 Å². The molecule has 3 rings (SSSR count). The summed E-state index contributed by atoms with van der Waals surface area (Å²) in [5.41, 5.74) is 2.44. The molecule has 1 atom stereocenters. The van der Waals surface area contributed by atoms with Crippen LogP contribution in [0.3, 0.4) is 0 Å². The molecule has 1 N–H and O–H groups in total. The zero-order chi connectivity index (χ0) is 17.9. The predicted molar refractivity (Wildman–Crippen MR) is 98.4 cm³/mol. The molecular formula is C16H16ClN3O3S2. The van der Waals surface area contributed by atoms with E-state index in [9.17, 15) is 13.2 Å². The van der Waals surface area contributed by atoms with Gasteiger partial charge in [0.05, 0.1) is 11.1 Å². The lowest BCUT2D eigenvalue weighted by molar-refractivity contribution is -0.124. The number of hydrogen-bond acceptors (Lipinski definition) is 5. The van der Waals surface area contributed by atoms with Gasteiger partial charge in [-0.25, -0.2) is 13.8 Å². The minimum Gasteiger partial charge on any atom is -0.271 e. The van der Waals surface area contributed by atoms with Gasteiger partial charge in [-0.1, -0.05) is 17.7 Å². The Balaban J connectivity index is 1.73. The highest BCUT2D eigenvalue weighted by atomic mass is 35.5. The van der Waals surface area contributed by atoms with Crippen LogP contribution in [0.1, 0.15) is 17.7 Å². The van der Waals surface area contributed by atoms with Gasteiger partial charge in [-0.2, -0.15) is 9.41 Å². The van der Waals surface area contributed by atoms with Gasteiger partial charge in [-0.15, -0.1) is 11.3 Å². The molecular weight excluding hydrogens is 382 g/mol. The first-order valence-electron chi connectivity index (χ1n) is 7.62. The minimum atomic E-state index is -3.75. The molecule has 0 unspecified atom stereocenters. The van der Waals surface area contributed by atoms with Crippen molar-refractivity contribution in [1.29, 1.82) is 0 Å². The fourth-order valence-electron chi connectivity index (χ4n) is 2.63. The van der Waals surface area contributed by atoms with Crippen LogP contribution >= 0.6 is 22.9 Å². The van der Waals surface area contributed by atoms with Crippen LogP contribution in [0.5, 0.6) is 0 Å². The Morgan fingerprint density at radius 2 is 2.08 bits per heavy atom. The molecule has 1 aromatic heterocycles. The van der Waals surface area contributed by atoms with Gasteiger partial charge >= 0.3 is 0 Å². The lowest BCUT2D eigenvalue weighted by Gasteiger charge is -2.22. The zero-order valence-corrected chi connectivity index (χ0v) is 15.5. The average Bonchev–Trinajstić information content (AvgIpc) is 3.27. The van der Waals surface area contributed by atoms with Crippen molar-refractivity contribution in [3.05, 3.63) is 51.7 Å². The Kier molecular flexibility index (Phi) is 5.53. The third-order valence-corrected chi connectivity index (χ3v) is 6.82. The second kappa shape index (κ2) is 7.65. The maximum Gasteiger partial charge on any atom is 0.258 e. The Bertz CT molecular complexity index is 865. The number of sulfonamides is 1. The van der Waals surface area contributed by atoms with Crippen LogP contribution in [-0.2, 0) is 14.8 Å². The molecule has 9 heteroatoms. The van der Waals surface area contributed by atoms with E-state index in [0.717, 1.165) is 4.88 Å². The van der Waals surface area contributed by atoms with Crippen LogP contribution in [0.2, 0.25) is 5.02 Å². The van der Waals surface area contributed by atoms with Crippen LogP contribution < -0.4 is 5.43 Å². The first-order chi connectivity index (χ1) is 12.0. The third-order valence-electron chi connectivity index (χ3n) is 3.84. The van der Waals surface area contributed by atoms with Crippen LogP contribution in [-0.4, -0.2) is 37.4 Å². The summed E-state index contributed by atoms with van der Waals surface area (Å²) >= 11 is 7.30. The highest BCUT2D eigenvalue weighted by molar-refractivity contribution is 7.89. The Morgan fingerprint density at radius 1 is 1.32 bits per heavy atom. The topological polar surface area (TPSA) is 78.8 Å². The van der Waals surface area contributed by atoms with Crippen molar-refractivity contribution in [2.24, 2.45) is 5.10 Å². The molecule has 6 nitrogen and oxygen atoms in total. The lowest BCUT2D eigenvalue weighted by atomic mass is 10.2. The molecule has 1 fully saturated rings. The van der Waals surface area contributed by atoms with Crippen LogP contribution in [0.15, 0.2) is 51.8 Å². The van der Waals surface area contributed by atoms with E-state index >= 15 is 0 Å². The number of rotatable bonds is 5. The lowest BCUT2D eigenvalue weighted by Crippen LogP contribution is -2.44. The van der Waals surface area contributed by atoms with Gasteiger partial charge in [0.1, 0.15) is 6.04 Å². The number of hydrazone groups is 1. The molecule has 132 valence electrons. The summed E-state index contributed by atoms with van der Waals surface area (Å²) in [7, 11) is -3.75. The van der Waals surface area contributed by atoms with Crippen molar-refractivity contribution in [2.75, 3.05) is 6.54 Å². The molecule has 1 amide bonds. The number of thiophene rings is 1. The van der Waals surface area contributed by atoms with Crippen LogP contribution in [0, 0.1) is 0 Å². The molecule has 2 aromatic rings. The number of hydrogen-bond donors (Lipinski definition) is 1. The SMILES string of the molecule is O=C(N/N=C\c1cccs1)[C@@H]1CCCN1S(=O)(=O)c1ccc(Cl)cc1. The molecule has 1 aliphatic rings. The highest BCUT2D eigenvalue weighted by Crippen LogP contribution is 2.27. The molecule has 0 bridgehead atoms. The van der Waals surface area contributed by atoms with E-state index in [-0.39, 0.29) is 4.90 Å². The smallest absolute Gasteiger partial charge is 0.258 e. The van der Waals surface area contributed by atoms with E-state index in [2.05, 4.69) is 10.5 Å². The fourth-order valence-corrected chi connectivity index (χ4v) is 5.00. The van der Waals surface area contributed by atoms with E-state index in [1.165, 1.54) is 46.1 Å². The molecule has 1 saturated heterocycles. The summed E-state index contributed by atoms with van der Waals surface area (Å²) in [6, 6.07) is 8.91. The van der Waals surface area contributed by atoms with Crippen molar-refractivity contribution >= 4 is 45.1 Å². The first kappa shape index (κ1) is 18.1. The monoisotopic (exact) mass is 397 g/mol. The maximum absolute atomic E-state index is 12.8. The van der Waals surface area contributed by atoms with E-state index in [1.807, 2.05) is 17.5 Å². The maximum atomic E-state index is 12.8. The van der Waals surface area contributed by atoms with Gasteiger partial charge in [0.25, 0.3) is 5.91 Å². The van der Waals surface area contributed by atoms with Crippen LogP contribution in [0.25, 0.3) is 0 Å². The zero-order valence-electron chi connectivity index (χ0n) is 13.1. The molecule has 0 radical (unpaired) electrons. The second-order valence-electron chi connectivity index (χ2n) is 5.48. The summed E-state index contributed by atoms with van der Waals surface area (Å²) in [4.78, 5) is 13.4. The summed E-state index contributed by atoms with van der Waals surface area (Å²) in [6.45, 7) is 0.303. The minimum absolute atomic E-state index is 0.124. The standard InChI is InChI=1S/C16H16ClN3O3S2/c17-12-5-7-14(8-6-12)25(22,23)20-9-1-4-15(20)16(21)19-18-11-13-3-2-10-24-13/h2-3,5-8,10-11,15H,1,4,9H2,(H,19,21)/b18-11-/t15-/m0/s1. The van der Waals surface area contributed by atoms with Gasteiger partial charge in [-0.05, 0) is 48.6 Å². The normalized spacial score (nSPS) is 18.7. The number of benzene rings is 1. The van der Waals surface area contributed by atoms with Crippen molar-refractivity contribution in [2.45, 2.75) is 23.8 Å². The molecule has 1 aromatic carbocycles. The van der Waals surface area contributed by atoms with Crippen molar-refractivity contribution < 1.29 is 13.2 Å². The third kappa shape index (κ3) is 4.09. The number of nitrogens with one attached hydrogen (secondary N) is 1. The van der Waals surface area contributed by atoms with E-state index in [4.69, 9.17) is 11.6 Å². The summed E-state index contributed by atoms with van der Waals surface area (Å²) < 4.78 is 26.8. The number of halogens is 1. The van der Waals surface area contributed by atoms with Gasteiger partial charge in [0.15, 0.2) is 0 Å². The highest BCUT2D eigenvalue weighted by Gasteiger charge is 2.39. The number of carbonyl (C=O) groups excluding carboxylic acids is 1. The number of nitrogens with zero attached hydrogens (tertiary/aromatic N) is 2. The Labute approximate surface area is 155 Å². The largest absolute Gasteiger partial charge is 0.271 e. The predicted octanol–water partition coefficient (Wildman–Crippen LogP) is 2.70. The van der Waals surface area contributed by atoms with E-state index in [1.54, 1.807) is 0 Å². The first-order valence-corrected chi connectivity index (χ1v) is 10.3. The number of amides is 1. The van der Waals surface area contributed by atoms with Crippen LogP contribution in [0.4, 0.5) is 0 Å². The Hall–Kier alpha value is -1.74. The quantitative estimate of drug-likeness (QED) is 0.622. The molecule has 0 aliphatic carbocycles. The van der Waals surface area contributed by atoms with Gasteiger partial charge in [0.2, 0.25) is 10.0 Å². The molecule has 2 heterocycles. The molecule has 0 saturated carbocycles. The molecule has 0 spiro atoms. The second-order valence-corrected chi connectivity index (χ2v) is 8.78. The van der Waals surface area contributed by atoms with Gasteiger partial charge < -0.3 is 0 Å². The summed E-state index contributed by atoms with van der Waals surface area (Å²) in [5, 5.41) is 6.27. The summed E-state index contributed by atoms with van der Waals surface area (Å²) in [6.07, 6.45) is 2.63.